The number of nitrogens with zero attached hydrogens (tertiary/aromatic N) is 3. The van der Waals surface area contributed by atoms with Crippen molar-refractivity contribution in [3.63, 3.8) is 0 Å². The summed E-state index contributed by atoms with van der Waals surface area (Å²) < 4.78 is 31.7. The normalized spacial score (nSPS) is 15.9. The maximum absolute atomic E-state index is 15.2. The third-order valence-corrected chi connectivity index (χ3v) is 11.6. The van der Waals surface area contributed by atoms with Gasteiger partial charge >= 0.3 is 0 Å². The van der Waals surface area contributed by atoms with Gasteiger partial charge in [-0.2, -0.15) is 11.8 Å². The van der Waals surface area contributed by atoms with Crippen LogP contribution in [0, 0.1) is 23.0 Å². The Bertz CT molecular complexity index is 1900. The van der Waals surface area contributed by atoms with Gasteiger partial charge in [0.1, 0.15) is 17.4 Å². The van der Waals surface area contributed by atoms with Crippen molar-refractivity contribution in [1.82, 2.24) is 25.0 Å². The number of Topliss-reactive ketones (excluding diaryl/α,β-unsaturated/α-hetero) is 1. The van der Waals surface area contributed by atoms with Crippen molar-refractivity contribution in [1.29, 1.82) is 0 Å². The Morgan fingerprint density at radius 1 is 0.948 bits per heavy atom. The molecule has 0 saturated carbocycles. The highest BCUT2D eigenvalue weighted by atomic mass is 32.2. The molecule has 312 valence electrons. The number of aromatic nitrogens is 1. The number of rotatable bonds is 22. The molecule has 3 aromatic rings. The highest BCUT2D eigenvalue weighted by Gasteiger charge is 2.38. The van der Waals surface area contributed by atoms with E-state index in [1.165, 1.54) is 34.9 Å². The van der Waals surface area contributed by atoms with Gasteiger partial charge in [-0.15, -0.1) is 0 Å². The van der Waals surface area contributed by atoms with Crippen LogP contribution in [0.25, 0.3) is 11.1 Å². The van der Waals surface area contributed by atoms with Crippen molar-refractivity contribution in [2.75, 3.05) is 44.2 Å². The van der Waals surface area contributed by atoms with E-state index in [1.54, 1.807) is 0 Å². The van der Waals surface area contributed by atoms with Crippen molar-refractivity contribution in [2.24, 2.45) is 11.3 Å². The van der Waals surface area contributed by atoms with Crippen LogP contribution in [-0.4, -0.2) is 88.0 Å². The van der Waals surface area contributed by atoms with Crippen molar-refractivity contribution in [3.05, 3.63) is 95.8 Å². The first-order valence-corrected chi connectivity index (χ1v) is 21.5. The number of halogens is 2. The molecule has 58 heavy (non-hydrogen) atoms. The van der Waals surface area contributed by atoms with Gasteiger partial charge in [0, 0.05) is 86.4 Å². The van der Waals surface area contributed by atoms with Gasteiger partial charge in [0.05, 0.1) is 11.8 Å². The van der Waals surface area contributed by atoms with Crippen LogP contribution >= 0.6 is 11.8 Å². The number of hydrogen-bond acceptors (Lipinski definition) is 7. The molecule has 2 atom stereocenters. The van der Waals surface area contributed by atoms with Crippen LogP contribution in [0.5, 0.6) is 0 Å². The first-order chi connectivity index (χ1) is 27.8. The zero-order valence-corrected chi connectivity index (χ0v) is 34.8. The Morgan fingerprint density at radius 3 is 2.40 bits per heavy atom. The van der Waals surface area contributed by atoms with Crippen LogP contribution < -0.4 is 10.6 Å². The number of thioether (sulfide) groups is 1. The number of amides is 4. The summed E-state index contributed by atoms with van der Waals surface area (Å²) in [6.45, 7) is 9.74. The summed E-state index contributed by atoms with van der Waals surface area (Å²) in [7, 11) is 0. The second-order valence-corrected chi connectivity index (χ2v) is 17.4. The minimum absolute atomic E-state index is 0.0447. The van der Waals surface area contributed by atoms with Crippen molar-refractivity contribution >= 4 is 41.2 Å². The Hall–Kier alpha value is -4.62. The number of carbonyl (C=O) groups is 5. The van der Waals surface area contributed by atoms with Crippen molar-refractivity contribution in [2.45, 2.75) is 84.7 Å². The van der Waals surface area contributed by atoms with Crippen LogP contribution in [0.1, 0.15) is 89.4 Å². The van der Waals surface area contributed by atoms with Gasteiger partial charge in [-0.3, -0.25) is 28.9 Å². The molecular weight excluding hydrogens is 761 g/mol. The number of nitrogens with one attached hydrogen (secondary N) is 2. The van der Waals surface area contributed by atoms with Gasteiger partial charge in [0.2, 0.25) is 11.8 Å². The SMILES string of the molecule is CC(C)(C)[C@H](c1cc(-c2cc(F)ccc2F)cn1Cc1ccccc1)N(CC1CCNC1)C(=O)CSCCC(=O)NCCCC(=O)CCCCCN1C(=O)C=CC1=O. The molecule has 0 aliphatic carbocycles. The fraction of sp³-hybridized carbons (Fsp3) is 0.489. The van der Waals surface area contributed by atoms with Crippen LogP contribution in [0.4, 0.5) is 8.78 Å². The zero-order chi connectivity index (χ0) is 41.7. The molecule has 0 bridgehead atoms. The monoisotopic (exact) mass is 817 g/mol. The maximum Gasteiger partial charge on any atom is 0.253 e. The molecule has 2 N–H and O–H groups in total. The number of hydrogen-bond donors (Lipinski definition) is 2. The van der Waals surface area contributed by atoms with Gasteiger partial charge in [-0.1, -0.05) is 57.5 Å². The fourth-order valence-electron chi connectivity index (χ4n) is 7.67. The lowest BCUT2D eigenvalue weighted by molar-refractivity contribution is -0.137. The average Bonchev–Trinajstić information content (AvgIpc) is 3.93. The molecule has 0 spiro atoms. The van der Waals surface area contributed by atoms with Crippen LogP contribution in [0.2, 0.25) is 0 Å². The van der Waals surface area contributed by atoms with E-state index in [1.807, 2.05) is 47.5 Å². The Kier molecular flexibility index (Phi) is 16.4. The lowest BCUT2D eigenvalue weighted by Crippen LogP contribution is -2.45. The third-order valence-electron chi connectivity index (χ3n) is 10.6. The molecule has 2 aliphatic rings. The maximum atomic E-state index is 15.2. The number of imide groups is 1. The largest absolute Gasteiger partial charge is 0.356 e. The summed E-state index contributed by atoms with van der Waals surface area (Å²) in [5.41, 5.74) is 2.14. The van der Waals surface area contributed by atoms with E-state index in [-0.39, 0.29) is 53.1 Å². The van der Waals surface area contributed by atoms with E-state index >= 15 is 4.39 Å². The second-order valence-electron chi connectivity index (χ2n) is 16.3. The average molecular weight is 818 g/mol. The molecule has 10 nitrogen and oxygen atoms in total. The number of benzene rings is 2. The van der Waals surface area contributed by atoms with Crippen molar-refractivity contribution < 1.29 is 32.8 Å². The zero-order valence-electron chi connectivity index (χ0n) is 33.9. The molecular formula is C45H57F2N5O5S. The van der Waals surface area contributed by atoms with E-state index in [0.717, 1.165) is 49.3 Å². The number of carbonyl (C=O) groups excluding carboxylic acids is 5. The summed E-state index contributed by atoms with van der Waals surface area (Å²) in [6.07, 6.45) is 8.98. The predicted octanol–water partition coefficient (Wildman–Crippen LogP) is 7.08. The topological polar surface area (TPSA) is 121 Å². The molecule has 5 rings (SSSR count). The first kappa shape index (κ1) is 44.5. The van der Waals surface area contributed by atoms with Crippen molar-refractivity contribution in [3.8, 4) is 11.1 Å². The standard InChI is InChI=1S/C45H57F2N5O5S/c1-45(2,3)44(39-25-34(37-26-35(46)15-16-38(37)47)30-50(39)28-32-11-6-4-7-12-32)52(29-33-19-22-48-27-33)43(57)31-58-24-20-40(54)49-21-10-14-36(53)13-8-5-9-23-51-41(55)17-18-42(51)56/h4,6-7,11-12,15-18,25-26,30,33,44,48H,5,8-10,13-14,19-24,27-29,31H2,1-3H3,(H,49,54)/t33?,44-/m0/s1. The lowest BCUT2D eigenvalue weighted by Gasteiger charge is -2.42. The summed E-state index contributed by atoms with van der Waals surface area (Å²) in [5.74, 6) is -0.805. The summed E-state index contributed by atoms with van der Waals surface area (Å²) in [5, 5.41) is 6.31. The van der Waals surface area contributed by atoms with Gasteiger partial charge in [-0.25, -0.2) is 8.78 Å². The Labute approximate surface area is 345 Å². The molecule has 1 unspecified atom stereocenters. The molecule has 2 aromatic carbocycles. The van der Waals surface area contributed by atoms with Gasteiger partial charge < -0.3 is 20.1 Å². The molecule has 4 amide bonds. The molecule has 1 fully saturated rings. The highest BCUT2D eigenvalue weighted by Crippen LogP contribution is 2.42. The molecule has 2 aliphatic heterocycles. The molecule has 3 heterocycles. The Balaban J connectivity index is 1.16. The smallest absolute Gasteiger partial charge is 0.253 e. The van der Waals surface area contributed by atoms with Crippen LogP contribution in [-0.2, 0) is 30.5 Å². The third kappa shape index (κ3) is 12.9. The highest BCUT2D eigenvalue weighted by molar-refractivity contribution is 7.99. The number of ketones is 1. The van der Waals surface area contributed by atoms with Crippen LogP contribution in [0.3, 0.4) is 0 Å². The predicted molar refractivity (Wildman–Crippen MR) is 224 cm³/mol. The summed E-state index contributed by atoms with van der Waals surface area (Å²) >= 11 is 1.41. The fourth-order valence-corrected chi connectivity index (χ4v) is 8.48. The van der Waals surface area contributed by atoms with E-state index < -0.39 is 23.1 Å². The quantitative estimate of drug-likeness (QED) is 0.0822. The van der Waals surface area contributed by atoms with E-state index in [9.17, 15) is 28.4 Å². The first-order valence-electron chi connectivity index (χ1n) is 20.4. The van der Waals surface area contributed by atoms with E-state index in [4.69, 9.17) is 0 Å². The molecule has 0 radical (unpaired) electrons. The molecule has 1 aromatic heterocycles. The van der Waals surface area contributed by atoms with Crippen LogP contribution in [0.15, 0.2) is 72.9 Å². The summed E-state index contributed by atoms with van der Waals surface area (Å²) in [4.78, 5) is 65.8. The minimum Gasteiger partial charge on any atom is -0.356 e. The summed E-state index contributed by atoms with van der Waals surface area (Å²) in [6, 6.07) is 14.9. The van der Waals surface area contributed by atoms with Gasteiger partial charge in [0.25, 0.3) is 11.8 Å². The Morgan fingerprint density at radius 2 is 1.69 bits per heavy atom. The number of unbranched alkanes of at least 4 members (excludes halogenated alkanes) is 2. The lowest BCUT2D eigenvalue weighted by atomic mass is 9.82. The minimum atomic E-state index is -0.529. The van der Waals surface area contributed by atoms with E-state index in [2.05, 4.69) is 36.0 Å². The molecule has 13 heteroatoms. The van der Waals surface area contributed by atoms with E-state index in [0.29, 0.717) is 69.6 Å². The van der Waals surface area contributed by atoms with Gasteiger partial charge in [-0.05, 0) is 79.9 Å². The molecule has 1 saturated heterocycles. The second kappa shape index (κ2) is 21.4. The van der Waals surface area contributed by atoms with Gasteiger partial charge in [0.15, 0.2) is 0 Å².